The van der Waals surface area contributed by atoms with Gasteiger partial charge in [-0.1, -0.05) is 6.92 Å². The molecule has 0 amide bonds. The molecule has 1 aromatic heterocycles. The Morgan fingerprint density at radius 2 is 2.17 bits per heavy atom. The molecule has 0 atom stereocenters. The summed E-state index contributed by atoms with van der Waals surface area (Å²) in [5.74, 6) is 1.66. The Bertz CT molecular complexity index is 400. The van der Waals surface area contributed by atoms with E-state index in [-0.39, 0.29) is 0 Å². The number of nitriles is 1. The largest absolute Gasteiger partial charge is 0.355 e. The van der Waals surface area contributed by atoms with Crippen molar-refractivity contribution >= 4 is 5.82 Å². The molecule has 1 saturated heterocycles. The Hall–Kier alpha value is -1.67. The normalized spacial score (nSPS) is 16.6. The lowest BCUT2D eigenvalue weighted by molar-refractivity contribution is 0.385. The van der Waals surface area contributed by atoms with E-state index < -0.39 is 0 Å². The van der Waals surface area contributed by atoms with E-state index in [1.165, 1.54) is 12.8 Å². The summed E-state index contributed by atoms with van der Waals surface area (Å²) in [5, 5.41) is 12.1. The van der Waals surface area contributed by atoms with Crippen LogP contribution in [-0.4, -0.2) is 36.1 Å². The third-order valence-corrected chi connectivity index (χ3v) is 3.37. The van der Waals surface area contributed by atoms with E-state index in [9.17, 15) is 0 Å². The average Bonchev–Trinajstić information content (AvgIpc) is 2.46. The number of aromatic nitrogens is 2. The van der Waals surface area contributed by atoms with Crippen molar-refractivity contribution in [2.24, 2.45) is 5.92 Å². The first kappa shape index (κ1) is 12.8. The number of hydrogen-bond acceptors (Lipinski definition) is 5. The fraction of sp³-hybridized carbons (Fsp3) is 0.615. The van der Waals surface area contributed by atoms with E-state index in [4.69, 9.17) is 5.26 Å². The molecule has 0 radical (unpaired) electrons. The second-order valence-corrected chi connectivity index (χ2v) is 4.61. The summed E-state index contributed by atoms with van der Waals surface area (Å²) in [7, 11) is 0. The highest BCUT2D eigenvalue weighted by Gasteiger charge is 2.19. The number of nitrogens with zero attached hydrogens (tertiary/aromatic N) is 4. The Balaban J connectivity index is 1.87. The molecule has 1 aromatic rings. The molecule has 1 aliphatic heterocycles. The first-order chi connectivity index (χ1) is 8.83. The molecule has 2 rings (SSSR count). The molecule has 0 aliphatic carbocycles. The van der Waals surface area contributed by atoms with E-state index in [0.717, 1.165) is 37.9 Å². The topological polar surface area (TPSA) is 64.8 Å². The van der Waals surface area contributed by atoms with Gasteiger partial charge in [-0.25, -0.2) is 9.97 Å². The van der Waals surface area contributed by atoms with Crippen LogP contribution in [-0.2, 0) is 0 Å². The lowest BCUT2D eigenvalue weighted by Crippen LogP contribution is -2.37. The lowest BCUT2D eigenvalue weighted by Gasteiger charge is -2.32. The second-order valence-electron chi connectivity index (χ2n) is 4.61. The van der Waals surface area contributed by atoms with Gasteiger partial charge in [-0.3, -0.25) is 0 Å². The van der Waals surface area contributed by atoms with Crippen LogP contribution >= 0.6 is 0 Å². The molecule has 1 aliphatic rings. The van der Waals surface area contributed by atoms with Gasteiger partial charge in [0.2, 0.25) is 0 Å². The Kier molecular flexibility index (Phi) is 4.48. The molecule has 0 bridgehead atoms. The summed E-state index contributed by atoms with van der Waals surface area (Å²) in [5.41, 5.74) is 0.376. The van der Waals surface area contributed by atoms with Gasteiger partial charge >= 0.3 is 0 Å². The van der Waals surface area contributed by atoms with Gasteiger partial charge in [0, 0.05) is 13.1 Å². The number of piperidine rings is 1. The number of anilines is 1. The fourth-order valence-electron chi connectivity index (χ4n) is 2.26. The summed E-state index contributed by atoms with van der Waals surface area (Å²) in [6.07, 6.45) is 5.62. The van der Waals surface area contributed by atoms with E-state index >= 15 is 0 Å². The standard InChI is InChI=1S/C13H19N5/c1-2-15-8-11-3-5-18(6-4-11)13-10-16-12(7-14)9-17-13/h9-11,15H,2-6,8H2,1H3. The zero-order chi connectivity index (χ0) is 12.8. The molecule has 0 spiro atoms. The minimum atomic E-state index is 0.376. The smallest absolute Gasteiger partial charge is 0.158 e. The van der Waals surface area contributed by atoms with Crippen molar-refractivity contribution in [2.75, 3.05) is 31.1 Å². The van der Waals surface area contributed by atoms with Crippen molar-refractivity contribution in [1.82, 2.24) is 15.3 Å². The van der Waals surface area contributed by atoms with Crippen molar-refractivity contribution in [1.29, 1.82) is 5.26 Å². The Morgan fingerprint density at radius 3 is 2.72 bits per heavy atom. The van der Waals surface area contributed by atoms with Crippen molar-refractivity contribution < 1.29 is 0 Å². The van der Waals surface area contributed by atoms with Gasteiger partial charge < -0.3 is 10.2 Å². The quantitative estimate of drug-likeness (QED) is 0.862. The molecule has 0 unspecified atom stereocenters. The zero-order valence-electron chi connectivity index (χ0n) is 10.8. The van der Waals surface area contributed by atoms with Gasteiger partial charge in [0.25, 0.3) is 0 Å². The SMILES string of the molecule is CCNCC1CCN(c2cnc(C#N)cn2)CC1. The van der Waals surface area contributed by atoms with Crippen LogP contribution in [0.2, 0.25) is 0 Å². The lowest BCUT2D eigenvalue weighted by atomic mass is 9.97. The third-order valence-electron chi connectivity index (χ3n) is 3.37. The molecule has 1 fully saturated rings. The van der Waals surface area contributed by atoms with Gasteiger partial charge in [0.15, 0.2) is 5.69 Å². The summed E-state index contributed by atoms with van der Waals surface area (Å²) in [6, 6.07) is 1.99. The van der Waals surface area contributed by atoms with Crippen molar-refractivity contribution in [3.05, 3.63) is 18.1 Å². The molecular formula is C13H19N5. The number of nitrogens with one attached hydrogen (secondary N) is 1. The van der Waals surface area contributed by atoms with Crippen LogP contribution in [0.3, 0.4) is 0 Å². The number of rotatable bonds is 4. The highest BCUT2D eigenvalue weighted by atomic mass is 15.2. The second kappa shape index (κ2) is 6.31. The van der Waals surface area contributed by atoms with Crippen LogP contribution in [0.1, 0.15) is 25.5 Å². The maximum atomic E-state index is 8.68. The highest BCUT2D eigenvalue weighted by Crippen LogP contribution is 2.20. The van der Waals surface area contributed by atoms with Crippen molar-refractivity contribution in [2.45, 2.75) is 19.8 Å². The molecule has 2 heterocycles. The van der Waals surface area contributed by atoms with Crippen LogP contribution in [0.5, 0.6) is 0 Å². The van der Waals surface area contributed by atoms with Gasteiger partial charge in [-0.2, -0.15) is 5.26 Å². The van der Waals surface area contributed by atoms with E-state index in [0.29, 0.717) is 5.69 Å². The predicted octanol–water partition coefficient (Wildman–Crippen LogP) is 1.17. The summed E-state index contributed by atoms with van der Waals surface area (Å²) >= 11 is 0. The molecular weight excluding hydrogens is 226 g/mol. The summed E-state index contributed by atoms with van der Waals surface area (Å²) in [4.78, 5) is 10.6. The minimum Gasteiger partial charge on any atom is -0.355 e. The van der Waals surface area contributed by atoms with Gasteiger partial charge in [-0.15, -0.1) is 0 Å². The molecule has 5 nitrogen and oxygen atoms in total. The van der Waals surface area contributed by atoms with Gasteiger partial charge in [0.1, 0.15) is 11.9 Å². The average molecular weight is 245 g/mol. The summed E-state index contributed by atoms with van der Waals surface area (Å²) in [6.45, 7) is 6.35. The van der Waals surface area contributed by atoms with Crippen LogP contribution < -0.4 is 10.2 Å². The summed E-state index contributed by atoms with van der Waals surface area (Å²) < 4.78 is 0. The van der Waals surface area contributed by atoms with Crippen LogP contribution in [0, 0.1) is 17.2 Å². The molecule has 96 valence electrons. The highest BCUT2D eigenvalue weighted by molar-refractivity contribution is 5.37. The maximum Gasteiger partial charge on any atom is 0.158 e. The molecule has 18 heavy (non-hydrogen) atoms. The van der Waals surface area contributed by atoms with E-state index in [2.05, 4.69) is 27.1 Å². The molecule has 0 saturated carbocycles. The van der Waals surface area contributed by atoms with Gasteiger partial charge in [0.05, 0.1) is 12.4 Å². The fourth-order valence-corrected chi connectivity index (χ4v) is 2.26. The van der Waals surface area contributed by atoms with Crippen LogP contribution in [0.15, 0.2) is 12.4 Å². The van der Waals surface area contributed by atoms with Crippen molar-refractivity contribution in [3.8, 4) is 6.07 Å². The molecule has 1 N–H and O–H groups in total. The van der Waals surface area contributed by atoms with Crippen LogP contribution in [0.25, 0.3) is 0 Å². The molecule has 5 heteroatoms. The predicted molar refractivity (Wildman–Crippen MR) is 70.2 cm³/mol. The maximum absolute atomic E-state index is 8.68. The first-order valence-electron chi connectivity index (χ1n) is 6.51. The molecule has 0 aromatic carbocycles. The zero-order valence-corrected chi connectivity index (χ0v) is 10.8. The monoisotopic (exact) mass is 245 g/mol. The first-order valence-corrected chi connectivity index (χ1v) is 6.51. The van der Waals surface area contributed by atoms with Gasteiger partial charge in [-0.05, 0) is 31.8 Å². The Labute approximate surface area is 108 Å². The van der Waals surface area contributed by atoms with Crippen LogP contribution in [0.4, 0.5) is 5.82 Å². The Morgan fingerprint density at radius 1 is 1.39 bits per heavy atom. The third kappa shape index (κ3) is 3.17. The number of hydrogen-bond donors (Lipinski definition) is 1. The minimum absolute atomic E-state index is 0.376. The van der Waals surface area contributed by atoms with Crippen molar-refractivity contribution in [3.63, 3.8) is 0 Å². The van der Waals surface area contributed by atoms with E-state index in [1.807, 2.05) is 6.07 Å². The van der Waals surface area contributed by atoms with E-state index in [1.54, 1.807) is 12.4 Å².